The van der Waals surface area contributed by atoms with Crippen LogP contribution in [0, 0.1) is 5.41 Å². The Labute approximate surface area is 91.3 Å². The first kappa shape index (κ1) is 8.91. The third-order valence-corrected chi connectivity index (χ3v) is 2.55. The van der Waals surface area contributed by atoms with E-state index in [0.717, 1.165) is 0 Å². The summed E-state index contributed by atoms with van der Waals surface area (Å²) in [5.74, 6) is 0.166. The molecule has 0 unspecified atom stereocenters. The number of aromatic hydroxyl groups is 1. The second kappa shape index (κ2) is 3.06. The van der Waals surface area contributed by atoms with Gasteiger partial charge in [0, 0.05) is 11.8 Å². The quantitative estimate of drug-likeness (QED) is 0.555. The molecule has 2 aliphatic rings. The van der Waals surface area contributed by atoms with Gasteiger partial charge in [0.15, 0.2) is 5.75 Å². The molecule has 0 spiro atoms. The van der Waals surface area contributed by atoms with E-state index < -0.39 is 0 Å². The largest absolute Gasteiger partial charge is 0.505 e. The fourth-order valence-electron chi connectivity index (χ4n) is 1.78. The van der Waals surface area contributed by atoms with Crippen LogP contribution in [0.2, 0.25) is 0 Å². The Morgan fingerprint density at radius 1 is 1.19 bits per heavy atom. The van der Waals surface area contributed by atoms with E-state index in [0.29, 0.717) is 22.1 Å². The van der Waals surface area contributed by atoms with E-state index in [1.807, 2.05) is 12.1 Å². The molecule has 0 saturated carbocycles. The van der Waals surface area contributed by atoms with Crippen molar-refractivity contribution in [1.82, 2.24) is 9.61 Å². The minimum absolute atomic E-state index is 0.166. The van der Waals surface area contributed by atoms with Crippen LogP contribution in [0.3, 0.4) is 0 Å². The minimum atomic E-state index is 0.166. The number of hydrogen-bond acceptors (Lipinski definition) is 3. The second-order valence-corrected chi connectivity index (χ2v) is 3.61. The molecule has 78 valence electrons. The van der Waals surface area contributed by atoms with Crippen LogP contribution in [0.1, 0.15) is 0 Å². The summed E-state index contributed by atoms with van der Waals surface area (Å²) in [7, 11) is 0. The van der Waals surface area contributed by atoms with Gasteiger partial charge in [0.25, 0.3) is 0 Å². The molecule has 0 amide bonds. The molecule has 1 aliphatic heterocycles. The highest BCUT2D eigenvalue weighted by atomic mass is 16.3. The van der Waals surface area contributed by atoms with Gasteiger partial charge in [-0.3, -0.25) is 0 Å². The maximum absolute atomic E-state index is 10.1. The number of aromatic nitrogens is 2. The lowest BCUT2D eigenvalue weighted by molar-refractivity contribution is 0.478. The van der Waals surface area contributed by atoms with E-state index in [-0.39, 0.29) is 5.75 Å². The number of rotatable bonds is 0. The standard InChI is InChI=1S/C12H9N3O/c13-8-4-5-10-9(7-8)12(16)11-3-1-2-6-15(11)14-10/h1-7,13,16H. The van der Waals surface area contributed by atoms with Gasteiger partial charge in [-0.15, -0.1) is 0 Å². The lowest BCUT2D eigenvalue weighted by Gasteiger charge is -2.10. The maximum atomic E-state index is 10.1. The van der Waals surface area contributed by atoms with E-state index in [2.05, 4.69) is 5.10 Å². The molecule has 4 heteroatoms. The number of benzene rings is 1. The van der Waals surface area contributed by atoms with Crippen LogP contribution in [-0.2, 0) is 0 Å². The molecule has 0 fully saturated rings. The number of nitrogens with zero attached hydrogens (tertiary/aromatic N) is 2. The van der Waals surface area contributed by atoms with Crippen molar-refractivity contribution in [3.05, 3.63) is 48.0 Å². The van der Waals surface area contributed by atoms with E-state index in [1.165, 1.54) is 0 Å². The molecule has 2 N–H and O–H groups in total. The van der Waals surface area contributed by atoms with Crippen LogP contribution >= 0.6 is 0 Å². The average molecular weight is 211 g/mol. The average Bonchev–Trinajstić information content (AvgIpc) is 2.31. The van der Waals surface area contributed by atoms with Crippen molar-refractivity contribution in [2.75, 3.05) is 0 Å². The van der Waals surface area contributed by atoms with Crippen LogP contribution < -0.4 is 5.36 Å². The Bertz CT molecular complexity index is 702. The zero-order chi connectivity index (χ0) is 11.1. The number of pyridine rings is 1. The van der Waals surface area contributed by atoms with Crippen LogP contribution in [0.4, 0.5) is 0 Å². The third-order valence-electron chi connectivity index (χ3n) is 2.55. The summed E-state index contributed by atoms with van der Waals surface area (Å²) in [6, 6.07) is 10.5. The summed E-state index contributed by atoms with van der Waals surface area (Å²) in [5.41, 5.74) is 1.93. The lowest BCUT2D eigenvalue weighted by atomic mass is 10.1. The van der Waals surface area contributed by atoms with Crippen molar-refractivity contribution >= 4 is 5.52 Å². The van der Waals surface area contributed by atoms with Gasteiger partial charge in [0.2, 0.25) is 0 Å². The fourth-order valence-corrected chi connectivity index (χ4v) is 1.78. The molecule has 1 aromatic rings. The second-order valence-electron chi connectivity index (χ2n) is 3.61. The lowest BCUT2D eigenvalue weighted by Crippen LogP contribution is -2.04. The van der Waals surface area contributed by atoms with Gasteiger partial charge in [-0.25, -0.2) is 4.52 Å². The van der Waals surface area contributed by atoms with Crippen LogP contribution in [0.5, 0.6) is 5.75 Å². The highest BCUT2D eigenvalue weighted by Gasteiger charge is 2.11. The van der Waals surface area contributed by atoms with Crippen LogP contribution in [0.25, 0.3) is 16.8 Å². The molecular weight excluding hydrogens is 202 g/mol. The van der Waals surface area contributed by atoms with E-state index >= 15 is 0 Å². The van der Waals surface area contributed by atoms with Gasteiger partial charge in [-0.2, -0.15) is 5.10 Å². The van der Waals surface area contributed by atoms with E-state index in [1.54, 1.807) is 35.0 Å². The number of hydrogen-bond donors (Lipinski definition) is 2. The van der Waals surface area contributed by atoms with Crippen molar-refractivity contribution in [3.8, 4) is 17.0 Å². The maximum Gasteiger partial charge on any atom is 0.150 e. The van der Waals surface area contributed by atoms with Crippen LogP contribution in [-0.4, -0.2) is 14.7 Å². The van der Waals surface area contributed by atoms with E-state index in [4.69, 9.17) is 5.41 Å². The smallest absolute Gasteiger partial charge is 0.150 e. The fraction of sp³-hybridized carbons (Fsp3) is 0. The van der Waals surface area contributed by atoms with E-state index in [9.17, 15) is 5.11 Å². The molecule has 16 heavy (non-hydrogen) atoms. The Hall–Kier alpha value is -2.36. The predicted octanol–water partition coefficient (Wildman–Crippen LogP) is 1.62. The Morgan fingerprint density at radius 2 is 2.06 bits per heavy atom. The molecule has 0 atom stereocenters. The van der Waals surface area contributed by atoms with Gasteiger partial charge < -0.3 is 10.5 Å². The monoisotopic (exact) mass is 211 g/mol. The third kappa shape index (κ3) is 1.16. The summed E-state index contributed by atoms with van der Waals surface area (Å²) < 4.78 is 1.63. The molecule has 0 aromatic carbocycles. The molecule has 0 bridgehead atoms. The van der Waals surface area contributed by atoms with Gasteiger partial charge in [-0.1, -0.05) is 6.07 Å². The molecular formula is C12H9N3O. The van der Waals surface area contributed by atoms with Gasteiger partial charge in [-0.05, 0) is 30.3 Å². The minimum Gasteiger partial charge on any atom is -0.505 e. The molecule has 2 heterocycles. The predicted molar refractivity (Wildman–Crippen MR) is 59.3 cm³/mol. The number of nitrogens with one attached hydrogen (secondary N) is 1. The van der Waals surface area contributed by atoms with Crippen molar-refractivity contribution < 1.29 is 5.11 Å². The molecule has 1 aliphatic carbocycles. The Balaban J connectivity index is 2.57. The van der Waals surface area contributed by atoms with Gasteiger partial charge in [0.05, 0.1) is 11.1 Å². The summed E-state index contributed by atoms with van der Waals surface area (Å²) in [4.78, 5) is 0. The SMILES string of the molecule is N=c1ccc2nn3ccccc3c(O)c-2c1. The first-order chi connectivity index (χ1) is 7.75. The normalized spacial score (nSPS) is 11.0. The molecule has 3 rings (SSSR count). The summed E-state index contributed by atoms with van der Waals surface area (Å²) >= 11 is 0. The summed E-state index contributed by atoms with van der Waals surface area (Å²) in [6.07, 6.45) is 1.78. The van der Waals surface area contributed by atoms with Crippen LogP contribution in [0.15, 0.2) is 42.6 Å². The van der Waals surface area contributed by atoms with Crippen molar-refractivity contribution in [2.24, 2.45) is 0 Å². The Morgan fingerprint density at radius 3 is 2.94 bits per heavy atom. The van der Waals surface area contributed by atoms with Gasteiger partial charge in [0.1, 0.15) is 5.52 Å². The number of fused-ring (bicyclic) bond motifs is 2. The Kier molecular flexibility index (Phi) is 1.71. The van der Waals surface area contributed by atoms with Gasteiger partial charge >= 0.3 is 0 Å². The summed E-state index contributed by atoms with van der Waals surface area (Å²) in [5, 5.41) is 22.3. The zero-order valence-corrected chi connectivity index (χ0v) is 8.38. The first-order valence-electron chi connectivity index (χ1n) is 4.91. The first-order valence-corrected chi connectivity index (χ1v) is 4.91. The van der Waals surface area contributed by atoms with Crippen molar-refractivity contribution in [3.63, 3.8) is 0 Å². The zero-order valence-electron chi connectivity index (χ0n) is 8.38. The van der Waals surface area contributed by atoms with Crippen molar-refractivity contribution in [2.45, 2.75) is 0 Å². The highest BCUT2D eigenvalue weighted by molar-refractivity contribution is 5.77. The molecule has 0 radical (unpaired) electrons. The topological polar surface area (TPSA) is 61.4 Å². The molecule has 4 nitrogen and oxygen atoms in total. The molecule has 1 aromatic heterocycles. The molecule has 0 saturated heterocycles. The van der Waals surface area contributed by atoms with Crippen molar-refractivity contribution in [1.29, 1.82) is 5.41 Å². The highest BCUT2D eigenvalue weighted by Crippen LogP contribution is 2.31. The summed E-state index contributed by atoms with van der Waals surface area (Å²) in [6.45, 7) is 0.